The van der Waals surface area contributed by atoms with Crippen LogP contribution in [0.5, 0.6) is 5.75 Å². The molecule has 4 rings (SSSR count). The third kappa shape index (κ3) is 4.06. The summed E-state index contributed by atoms with van der Waals surface area (Å²) < 4.78 is 42.6. The summed E-state index contributed by atoms with van der Waals surface area (Å²) in [7, 11) is -4.49. The predicted octanol–water partition coefficient (Wildman–Crippen LogP) is 1.84. The summed E-state index contributed by atoms with van der Waals surface area (Å²) in [5.74, 6) is -0.394. The lowest BCUT2D eigenvalue weighted by molar-refractivity contribution is 0.164. The first kappa shape index (κ1) is 19.7. The van der Waals surface area contributed by atoms with Crippen LogP contribution in [0.1, 0.15) is 11.5 Å². The van der Waals surface area contributed by atoms with Crippen molar-refractivity contribution in [2.75, 3.05) is 10.8 Å². The molecule has 1 aromatic heterocycles. The van der Waals surface area contributed by atoms with E-state index < -0.39 is 27.2 Å². The zero-order chi connectivity index (χ0) is 21.1. The number of rotatable bonds is 5. The van der Waals surface area contributed by atoms with Crippen molar-refractivity contribution in [3.63, 3.8) is 0 Å². The molecule has 2 aromatic carbocycles. The first-order chi connectivity index (χ1) is 14.4. The van der Waals surface area contributed by atoms with Crippen LogP contribution in [0.25, 0.3) is 0 Å². The van der Waals surface area contributed by atoms with E-state index in [0.29, 0.717) is 5.56 Å². The molecule has 1 N–H and O–H groups in total. The van der Waals surface area contributed by atoms with Gasteiger partial charge in [0.1, 0.15) is 18.5 Å². The van der Waals surface area contributed by atoms with Crippen molar-refractivity contribution in [3.05, 3.63) is 76.6 Å². The summed E-state index contributed by atoms with van der Waals surface area (Å²) in [6.45, 7) is -0.358. The first-order valence-electron chi connectivity index (χ1n) is 8.97. The van der Waals surface area contributed by atoms with Gasteiger partial charge >= 0.3 is 21.1 Å². The van der Waals surface area contributed by atoms with Gasteiger partial charge in [0, 0.05) is 0 Å². The van der Waals surface area contributed by atoms with Crippen molar-refractivity contribution in [1.82, 2.24) is 10.2 Å². The molecule has 1 aliphatic rings. The molecule has 0 spiro atoms. The number of nitrogens with one attached hydrogen (secondary N) is 1. The van der Waals surface area contributed by atoms with Crippen molar-refractivity contribution in [3.8, 4) is 5.75 Å². The van der Waals surface area contributed by atoms with Gasteiger partial charge in [0.05, 0.1) is 18.7 Å². The molecule has 1 aliphatic heterocycles. The minimum absolute atomic E-state index is 0.0259. The monoisotopic (exact) mass is 431 g/mol. The molecule has 0 saturated carbocycles. The summed E-state index contributed by atoms with van der Waals surface area (Å²) in [5, 5.41) is 4.48. The molecule has 0 amide bonds. The molecule has 3 aromatic rings. The minimum Gasteiger partial charge on any atom is -0.486 e. The number of hydrogen-bond donors (Lipinski definition) is 1. The number of fused-ring (bicyclic) bond motifs is 1. The van der Waals surface area contributed by atoms with Crippen molar-refractivity contribution in [1.29, 1.82) is 0 Å². The number of aromatic nitrogens is 2. The normalized spacial score (nSPS) is 15.9. The molecule has 1 atom stereocenters. The second kappa shape index (κ2) is 8.03. The largest absolute Gasteiger partial charge is 0.486 e. The third-order valence-electron chi connectivity index (χ3n) is 4.38. The van der Waals surface area contributed by atoms with Crippen molar-refractivity contribution < 1.29 is 27.1 Å². The van der Waals surface area contributed by atoms with E-state index in [0.717, 1.165) is 4.31 Å². The van der Waals surface area contributed by atoms with Gasteiger partial charge < -0.3 is 13.9 Å². The van der Waals surface area contributed by atoms with Gasteiger partial charge in [-0.2, -0.15) is 8.42 Å². The Bertz CT molecular complexity index is 1200. The Morgan fingerprint density at radius 1 is 1.17 bits per heavy atom. The zero-order valence-corrected chi connectivity index (χ0v) is 16.4. The molecule has 156 valence electrons. The van der Waals surface area contributed by atoms with Crippen LogP contribution in [0, 0.1) is 0 Å². The topological polar surface area (TPSA) is 132 Å². The second-order valence-corrected chi connectivity index (χ2v) is 8.20. The van der Waals surface area contributed by atoms with Crippen LogP contribution in [0.15, 0.2) is 63.8 Å². The Labute approximate surface area is 171 Å². The van der Waals surface area contributed by atoms with E-state index in [4.69, 9.17) is 13.9 Å². The molecule has 30 heavy (non-hydrogen) atoms. The fourth-order valence-corrected chi connectivity index (χ4v) is 4.18. The smallest absolute Gasteiger partial charge is 0.445 e. The number of para-hydroxylation sites is 2. The molecule has 0 saturated heterocycles. The van der Waals surface area contributed by atoms with E-state index in [1.165, 1.54) is 6.07 Å². The Hall–Kier alpha value is -3.60. The molecule has 11 heteroatoms. The number of nitrogens with zero attached hydrogens (tertiary/aromatic N) is 2. The SMILES string of the molecule is O=C(OCc1ccccc1)S(=O)(=O)N1C[C@H](Cc2n[nH]c(=O)o2)Oc2ccccc21. The molecule has 10 nitrogen and oxygen atoms in total. The predicted molar refractivity (Wildman–Crippen MR) is 105 cm³/mol. The lowest BCUT2D eigenvalue weighted by atomic mass is 10.2. The molecule has 0 fully saturated rings. The molecule has 2 heterocycles. The number of carbonyl (C=O) groups excluding carboxylic acids is 1. The average molecular weight is 431 g/mol. The number of benzene rings is 2. The number of anilines is 1. The number of aromatic amines is 1. The van der Waals surface area contributed by atoms with E-state index in [1.807, 2.05) is 0 Å². The van der Waals surface area contributed by atoms with E-state index in [9.17, 15) is 18.0 Å². The summed E-state index contributed by atoms with van der Waals surface area (Å²) in [6.07, 6.45) is -0.707. The van der Waals surface area contributed by atoms with Crippen LogP contribution in [-0.4, -0.2) is 36.6 Å². The van der Waals surface area contributed by atoms with Crippen molar-refractivity contribution >= 4 is 21.0 Å². The lowest BCUT2D eigenvalue weighted by Crippen LogP contribution is -2.46. The fourth-order valence-electron chi connectivity index (χ4n) is 3.02. The van der Waals surface area contributed by atoms with Crippen LogP contribution in [0.3, 0.4) is 0 Å². The highest BCUT2D eigenvalue weighted by Gasteiger charge is 2.39. The maximum atomic E-state index is 13.0. The van der Waals surface area contributed by atoms with E-state index in [2.05, 4.69) is 10.2 Å². The quantitative estimate of drug-likeness (QED) is 0.605. The Kier molecular flexibility index (Phi) is 5.27. The zero-order valence-electron chi connectivity index (χ0n) is 15.6. The minimum atomic E-state index is -4.49. The van der Waals surface area contributed by atoms with Gasteiger partial charge in [-0.1, -0.05) is 42.5 Å². The lowest BCUT2D eigenvalue weighted by Gasteiger charge is -2.34. The summed E-state index contributed by atoms with van der Waals surface area (Å²) in [4.78, 5) is 23.6. The molecule has 0 aliphatic carbocycles. The highest BCUT2D eigenvalue weighted by molar-refractivity contribution is 8.06. The summed E-state index contributed by atoms with van der Waals surface area (Å²) in [6, 6.07) is 15.2. The van der Waals surface area contributed by atoms with Crippen LogP contribution in [0.4, 0.5) is 10.5 Å². The van der Waals surface area contributed by atoms with E-state index in [-0.39, 0.29) is 36.9 Å². The third-order valence-corrected chi connectivity index (χ3v) is 5.85. The Morgan fingerprint density at radius 3 is 2.63 bits per heavy atom. The summed E-state index contributed by atoms with van der Waals surface area (Å²) in [5.41, 5.74) is 0.878. The van der Waals surface area contributed by atoms with Gasteiger partial charge in [0.15, 0.2) is 0 Å². The molecular formula is C19H17N3O7S. The second-order valence-electron chi connectivity index (χ2n) is 6.48. The standard InChI is InChI=1S/C19H17N3O7S/c23-18-21-20-17(29-18)10-14-11-22(15-8-4-5-9-16(15)28-14)30(25,26)19(24)27-12-13-6-2-1-3-7-13/h1-9,14H,10-12H2,(H,21,23)/t14-/m0/s1. The first-order valence-corrected chi connectivity index (χ1v) is 10.4. The van der Waals surface area contributed by atoms with Gasteiger partial charge in [-0.3, -0.25) is 4.31 Å². The molecular weight excluding hydrogens is 414 g/mol. The van der Waals surface area contributed by atoms with E-state index >= 15 is 0 Å². The number of hydrogen-bond acceptors (Lipinski definition) is 8. The van der Waals surface area contributed by atoms with Gasteiger partial charge in [0.2, 0.25) is 5.89 Å². The molecule has 0 unspecified atom stereocenters. The average Bonchev–Trinajstić information content (AvgIpc) is 3.16. The van der Waals surface area contributed by atoms with E-state index in [1.54, 1.807) is 48.5 Å². The van der Waals surface area contributed by atoms with Crippen molar-refractivity contribution in [2.24, 2.45) is 0 Å². The maximum Gasteiger partial charge on any atom is 0.445 e. The highest BCUT2D eigenvalue weighted by atomic mass is 32.2. The number of H-pyrrole nitrogens is 1. The van der Waals surface area contributed by atoms with Crippen LogP contribution in [-0.2, 0) is 27.8 Å². The van der Waals surface area contributed by atoms with Gasteiger partial charge in [-0.15, -0.1) is 5.10 Å². The number of carbonyl (C=O) groups is 1. The van der Waals surface area contributed by atoms with Crippen molar-refractivity contribution in [2.45, 2.75) is 19.1 Å². The van der Waals surface area contributed by atoms with Crippen LogP contribution >= 0.6 is 0 Å². The van der Waals surface area contributed by atoms with Gasteiger partial charge in [-0.05, 0) is 17.7 Å². The fraction of sp³-hybridized carbons (Fsp3) is 0.211. The molecule has 0 bridgehead atoms. The Balaban J connectivity index is 1.56. The summed E-state index contributed by atoms with van der Waals surface area (Å²) >= 11 is 0. The van der Waals surface area contributed by atoms with Gasteiger partial charge in [-0.25, -0.2) is 14.7 Å². The maximum absolute atomic E-state index is 13.0. The van der Waals surface area contributed by atoms with Crippen LogP contribution < -0.4 is 14.8 Å². The Morgan fingerprint density at radius 2 is 1.90 bits per heavy atom. The number of sulfonamides is 1. The molecule has 0 radical (unpaired) electrons. The number of ether oxygens (including phenoxy) is 2. The van der Waals surface area contributed by atoms with Gasteiger partial charge in [0.25, 0.3) is 0 Å². The highest BCUT2D eigenvalue weighted by Crippen LogP contribution is 2.36. The van der Waals surface area contributed by atoms with Crippen LogP contribution in [0.2, 0.25) is 0 Å².